The van der Waals surface area contributed by atoms with Gasteiger partial charge in [-0.05, 0) is 30.2 Å². The highest BCUT2D eigenvalue weighted by atomic mass is 16.3. The van der Waals surface area contributed by atoms with E-state index in [1.54, 1.807) is 11.2 Å². The number of para-hydroxylation sites is 2. The summed E-state index contributed by atoms with van der Waals surface area (Å²) in [6.45, 7) is 3.42. The molecule has 0 saturated carbocycles. The maximum absolute atomic E-state index is 13.2. The smallest absolute Gasteiger partial charge is 0.232 e. The average Bonchev–Trinajstić information content (AvgIpc) is 3.14. The first-order valence-corrected chi connectivity index (χ1v) is 9.91. The molecule has 1 amide bonds. The van der Waals surface area contributed by atoms with Crippen LogP contribution in [0.5, 0.6) is 0 Å². The number of furan rings is 1. The van der Waals surface area contributed by atoms with Gasteiger partial charge in [-0.25, -0.2) is 9.97 Å². The molecule has 0 spiro atoms. The Morgan fingerprint density at radius 2 is 1.83 bits per heavy atom. The van der Waals surface area contributed by atoms with Crippen LogP contribution in [0.3, 0.4) is 0 Å². The summed E-state index contributed by atoms with van der Waals surface area (Å²) in [7, 11) is 1.99. The molecule has 3 heterocycles. The van der Waals surface area contributed by atoms with E-state index in [-0.39, 0.29) is 12.3 Å². The van der Waals surface area contributed by atoms with Gasteiger partial charge in [0.15, 0.2) is 11.6 Å². The summed E-state index contributed by atoms with van der Waals surface area (Å²) in [5.74, 6) is 1.38. The van der Waals surface area contributed by atoms with Crippen molar-refractivity contribution >= 4 is 39.5 Å². The predicted molar refractivity (Wildman–Crippen MR) is 114 cm³/mol. The van der Waals surface area contributed by atoms with Gasteiger partial charge in [0.1, 0.15) is 5.58 Å². The molecule has 4 aromatic rings. The fraction of sp³-hybridized carbons (Fsp3) is 0.261. The number of hydrogen-bond donors (Lipinski definition) is 0. The SMILES string of the molecule is CCc1ccc2c(CC(=O)N3CCN(C)c4nc5ccccc5nc43)coc2c1. The van der Waals surface area contributed by atoms with Gasteiger partial charge < -0.3 is 9.32 Å². The normalized spacial score (nSPS) is 13.9. The summed E-state index contributed by atoms with van der Waals surface area (Å²) in [6.07, 6.45) is 2.93. The number of fused-ring (bicyclic) bond motifs is 3. The first-order chi connectivity index (χ1) is 14.1. The topological polar surface area (TPSA) is 62.5 Å². The standard InChI is InChI=1S/C23H22N4O2/c1-3-15-8-9-17-16(14-29-20(17)12-15)13-21(28)27-11-10-26(2)22-23(27)25-19-7-5-4-6-18(19)24-22/h4-9,12,14H,3,10-11,13H2,1-2H3. The number of carbonyl (C=O) groups excluding carboxylic acids is 1. The zero-order chi connectivity index (χ0) is 20.0. The Hall–Kier alpha value is -3.41. The van der Waals surface area contributed by atoms with E-state index in [0.717, 1.165) is 46.3 Å². The van der Waals surface area contributed by atoms with E-state index in [4.69, 9.17) is 14.4 Å². The molecule has 0 radical (unpaired) electrons. The van der Waals surface area contributed by atoms with Gasteiger partial charge in [-0.2, -0.15) is 0 Å². The van der Waals surface area contributed by atoms with E-state index in [9.17, 15) is 4.79 Å². The average molecular weight is 386 g/mol. The highest BCUT2D eigenvalue weighted by Crippen LogP contribution is 2.31. The molecule has 0 atom stereocenters. The van der Waals surface area contributed by atoms with Crippen molar-refractivity contribution in [1.29, 1.82) is 0 Å². The fourth-order valence-electron chi connectivity index (χ4n) is 3.87. The van der Waals surface area contributed by atoms with Crippen molar-refractivity contribution in [2.75, 3.05) is 29.9 Å². The van der Waals surface area contributed by atoms with Crippen LogP contribution < -0.4 is 9.80 Å². The van der Waals surface area contributed by atoms with Crippen molar-refractivity contribution in [3.63, 3.8) is 0 Å². The van der Waals surface area contributed by atoms with E-state index in [2.05, 4.69) is 17.9 Å². The molecule has 0 fully saturated rings. The molecule has 29 heavy (non-hydrogen) atoms. The summed E-state index contributed by atoms with van der Waals surface area (Å²) >= 11 is 0. The lowest BCUT2D eigenvalue weighted by Gasteiger charge is -2.33. The van der Waals surface area contributed by atoms with Gasteiger partial charge >= 0.3 is 0 Å². The van der Waals surface area contributed by atoms with Crippen molar-refractivity contribution in [2.45, 2.75) is 19.8 Å². The number of anilines is 2. The molecule has 0 bridgehead atoms. The lowest BCUT2D eigenvalue weighted by molar-refractivity contribution is -0.118. The van der Waals surface area contributed by atoms with Gasteiger partial charge in [0, 0.05) is 31.1 Å². The molecule has 0 saturated heterocycles. The van der Waals surface area contributed by atoms with Crippen LogP contribution in [0.2, 0.25) is 0 Å². The van der Waals surface area contributed by atoms with Gasteiger partial charge in [0.2, 0.25) is 5.91 Å². The van der Waals surface area contributed by atoms with Crippen LogP contribution in [0.4, 0.5) is 11.6 Å². The van der Waals surface area contributed by atoms with E-state index in [0.29, 0.717) is 12.4 Å². The van der Waals surface area contributed by atoms with Crippen LogP contribution in [0, 0.1) is 0 Å². The lowest BCUT2D eigenvalue weighted by atomic mass is 10.1. The number of aryl methyl sites for hydroxylation is 1. The molecular formula is C23H22N4O2. The summed E-state index contributed by atoms with van der Waals surface area (Å²) in [6, 6.07) is 13.9. The minimum atomic E-state index is 0.00574. The third kappa shape index (κ3) is 3.01. The summed E-state index contributed by atoms with van der Waals surface area (Å²) in [4.78, 5) is 26.6. The Labute approximate surface area is 168 Å². The highest BCUT2D eigenvalue weighted by molar-refractivity contribution is 6.00. The van der Waals surface area contributed by atoms with Crippen LogP contribution in [0.1, 0.15) is 18.1 Å². The molecule has 2 aromatic heterocycles. The molecule has 6 heteroatoms. The fourth-order valence-corrected chi connectivity index (χ4v) is 3.87. The minimum absolute atomic E-state index is 0.00574. The van der Waals surface area contributed by atoms with Gasteiger partial charge in [-0.1, -0.05) is 31.2 Å². The number of nitrogens with zero attached hydrogens (tertiary/aromatic N) is 4. The number of hydrogen-bond acceptors (Lipinski definition) is 5. The summed E-state index contributed by atoms with van der Waals surface area (Å²) in [5.41, 5.74) is 4.58. The zero-order valence-electron chi connectivity index (χ0n) is 16.6. The molecule has 2 aromatic carbocycles. The molecule has 5 rings (SSSR count). The Balaban J connectivity index is 1.49. The number of aromatic nitrogens is 2. The van der Waals surface area contributed by atoms with Crippen molar-refractivity contribution in [2.24, 2.45) is 0 Å². The molecule has 1 aliphatic heterocycles. The molecule has 1 aliphatic rings. The minimum Gasteiger partial charge on any atom is -0.464 e. The zero-order valence-corrected chi connectivity index (χ0v) is 16.6. The van der Waals surface area contributed by atoms with E-state index >= 15 is 0 Å². The number of carbonyl (C=O) groups is 1. The second-order valence-electron chi connectivity index (χ2n) is 7.45. The van der Waals surface area contributed by atoms with E-state index in [1.165, 1.54) is 5.56 Å². The first-order valence-electron chi connectivity index (χ1n) is 9.91. The molecule has 0 N–H and O–H groups in total. The van der Waals surface area contributed by atoms with E-state index < -0.39 is 0 Å². The van der Waals surface area contributed by atoms with E-state index in [1.807, 2.05) is 43.4 Å². The van der Waals surface area contributed by atoms with Crippen LogP contribution in [0.15, 0.2) is 53.1 Å². The second kappa shape index (κ2) is 6.88. The third-order valence-electron chi connectivity index (χ3n) is 5.58. The Bertz CT molecular complexity index is 1230. The summed E-state index contributed by atoms with van der Waals surface area (Å²) in [5, 5.41) is 0.995. The molecule has 6 nitrogen and oxygen atoms in total. The van der Waals surface area contributed by atoms with Gasteiger partial charge in [0.25, 0.3) is 0 Å². The van der Waals surface area contributed by atoms with Gasteiger partial charge in [-0.3, -0.25) is 9.69 Å². The first kappa shape index (κ1) is 17.7. The maximum Gasteiger partial charge on any atom is 0.232 e. The third-order valence-corrected chi connectivity index (χ3v) is 5.58. The highest BCUT2D eigenvalue weighted by Gasteiger charge is 2.29. The van der Waals surface area contributed by atoms with Crippen LogP contribution in [-0.4, -0.2) is 36.0 Å². The number of amides is 1. The quantitative estimate of drug-likeness (QED) is 0.533. The van der Waals surface area contributed by atoms with Crippen LogP contribution >= 0.6 is 0 Å². The van der Waals surface area contributed by atoms with Crippen molar-refractivity contribution in [1.82, 2.24) is 9.97 Å². The number of likely N-dealkylation sites (N-methyl/N-ethyl adjacent to an activating group) is 1. The van der Waals surface area contributed by atoms with Crippen molar-refractivity contribution < 1.29 is 9.21 Å². The van der Waals surface area contributed by atoms with Crippen molar-refractivity contribution in [3.05, 3.63) is 59.9 Å². The lowest BCUT2D eigenvalue weighted by Crippen LogP contribution is -2.44. The second-order valence-corrected chi connectivity index (χ2v) is 7.45. The molecule has 146 valence electrons. The predicted octanol–water partition coefficient (Wildman–Crippen LogP) is 3.96. The number of benzene rings is 2. The Morgan fingerprint density at radius 1 is 1.07 bits per heavy atom. The molecule has 0 aliphatic carbocycles. The Kier molecular flexibility index (Phi) is 4.19. The molecule has 0 unspecified atom stereocenters. The van der Waals surface area contributed by atoms with Crippen LogP contribution in [0.25, 0.3) is 22.0 Å². The summed E-state index contributed by atoms with van der Waals surface area (Å²) < 4.78 is 5.72. The Morgan fingerprint density at radius 3 is 2.59 bits per heavy atom. The van der Waals surface area contributed by atoms with Gasteiger partial charge in [-0.15, -0.1) is 0 Å². The van der Waals surface area contributed by atoms with Crippen molar-refractivity contribution in [3.8, 4) is 0 Å². The monoisotopic (exact) mass is 386 g/mol. The maximum atomic E-state index is 13.2. The largest absolute Gasteiger partial charge is 0.464 e. The van der Waals surface area contributed by atoms with Crippen LogP contribution in [-0.2, 0) is 17.6 Å². The molecular weight excluding hydrogens is 364 g/mol. The van der Waals surface area contributed by atoms with Gasteiger partial charge in [0.05, 0.1) is 23.7 Å². The number of rotatable bonds is 3.